The molecule has 436 valence electrons. The van der Waals surface area contributed by atoms with Gasteiger partial charge in [-0.1, -0.05) is 144 Å². The Morgan fingerprint density at radius 3 is 1.46 bits per heavy atom. The number of allylic oxidation sites excluding steroid dienone is 13. The molecule has 1 amide bonds. The van der Waals surface area contributed by atoms with Crippen molar-refractivity contribution in [2.24, 2.45) is 0 Å². The molecular formula is C57H95NO18. The molecular weight excluding hydrogens is 987 g/mol. The van der Waals surface area contributed by atoms with Gasteiger partial charge in [-0.25, -0.2) is 0 Å². The van der Waals surface area contributed by atoms with Crippen molar-refractivity contribution in [2.75, 3.05) is 26.4 Å². The van der Waals surface area contributed by atoms with Gasteiger partial charge in [0.15, 0.2) is 18.9 Å². The Hall–Kier alpha value is -3.03. The molecule has 17 atom stereocenters. The Bertz CT molecular complexity index is 1720. The average molecular weight is 1080 g/mol. The highest BCUT2D eigenvalue weighted by Crippen LogP contribution is 2.33. The van der Waals surface area contributed by atoms with Gasteiger partial charge >= 0.3 is 0 Å². The Morgan fingerprint density at radius 1 is 0.487 bits per heavy atom. The van der Waals surface area contributed by atoms with Crippen LogP contribution < -0.4 is 5.32 Å². The van der Waals surface area contributed by atoms with E-state index < -0.39 is 131 Å². The van der Waals surface area contributed by atoms with Crippen LogP contribution >= 0.6 is 0 Å². The highest BCUT2D eigenvalue weighted by Gasteiger charge is 2.53. The molecule has 0 saturated carbocycles. The van der Waals surface area contributed by atoms with E-state index in [0.717, 1.165) is 44.9 Å². The summed E-state index contributed by atoms with van der Waals surface area (Å²) in [4.78, 5) is 13.2. The van der Waals surface area contributed by atoms with E-state index in [1.807, 2.05) is 18.2 Å². The van der Waals surface area contributed by atoms with Crippen molar-refractivity contribution in [1.82, 2.24) is 5.32 Å². The second-order valence-corrected chi connectivity index (χ2v) is 19.6. The van der Waals surface area contributed by atoms with Crippen molar-refractivity contribution in [2.45, 2.75) is 240 Å². The third-order valence-electron chi connectivity index (χ3n) is 13.4. The molecule has 0 aromatic rings. The maximum absolute atomic E-state index is 13.2. The molecule has 3 fully saturated rings. The molecule has 0 aromatic carbocycles. The number of hydrogen-bond acceptors (Lipinski definition) is 18. The number of amides is 1. The first-order valence-corrected chi connectivity index (χ1v) is 27.8. The molecule has 19 heteroatoms. The first-order valence-electron chi connectivity index (χ1n) is 27.8. The molecule has 0 aliphatic carbocycles. The van der Waals surface area contributed by atoms with Gasteiger partial charge in [-0.15, -0.1) is 0 Å². The standard InChI is InChI=1S/C57H95NO18/c1-3-5-7-9-11-13-15-17-18-19-20-21-23-24-26-28-30-32-34-41(62)40(58-45(63)35-33-31-29-27-25-22-16-14-12-10-8-6-4-2)39-71-55-51(69)48(66)53(43(37-60)73-55)76-57-52(70)49(67)54(44(38-61)74-57)75-56-50(68)47(65)46(64)42(36-59)72-56/h6,8,12,14,19-20,22,24-26,29,31-32,34,40-44,46-57,59-62,64-70H,3-5,7,9-11,13,15-18,21,23,27-28,30,33,35-39H2,1-2H3,(H,58,63)/b8-6-,14-12-,20-19+,25-22-,26-24+,31-29-,34-32+. The molecule has 0 aromatic heterocycles. The van der Waals surface area contributed by atoms with E-state index in [4.69, 9.17) is 28.4 Å². The van der Waals surface area contributed by atoms with Crippen LogP contribution in [0, 0.1) is 0 Å². The largest absolute Gasteiger partial charge is 0.394 e. The summed E-state index contributed by atoms with van der Waals surface area (Å²) in [5.41, 5.74) is 0. The van der Waals surface area contributed by atoms with Crippen LogP contribution in [0.5, 0.6) is 0 Å². The quantitative estimate of drug-likeness (QED) is 0.0310. The minimum absolute atomic E-state index is 0.106. The highest BCUT2D eigenvalue weighted by molar-refractivity contribution is 5.76. The van der Waals surface area contributed by atoms with E-state index in [1.54, 1.807) is 12.2 Å². The number of carbonyl (C=O) groups is 1. The highest BCUT2D eigenvalue weighted by atomic mass is 16.8. The van der Waals surface area contributed by atoms with Gasteiger partial charge in [0.05, 0.1) is 38.6 Å². The first kappa shape index (κ1) is 67.2. The Kier molecular flexibility index (Phi) is 35.6. The third kappa shape index (κ3) is 24.5. The minimum atomic E-state index is -1.99. The number of unbranched alkanes of at least 4 members (excludes halogenated alkanes) is 10. The number of rotatable bonds is 38. The Balaban J connectivity index is 1.57. The van der Waals surface area contributed by atoms with Crippen molar-refractivity contribution in [3.63, 3.8) is 0 Å². The second kappa shape index (κ2) is 40.2. The molecule has 3 rings (SSSR count). The van der Waals surface area contributed by atoms with Crippen molar-refractivity contribution in [3.05, 3.63) is 85.1 Å². The predicted octanol–water partition coefficient (Wildman–Crippen LogP) is 3.64. The topological polar surface area (TPSA) is 307 Å². The molecule has 3 heterocycles. The smallest absolute Gasteiger partial charge is 0.220 e. The summed E-state index contributed by atoms with van der Waals surface area (Å²) in [6.45, 7) is 1.47. The Morgan fingerprint density at radius 2 is 0.921 bits per heavy atom. The predicted molar refractivity (Wildman–Crippen MR) is 286 cm³/mol. The van der Waals surface area contributed by atoms with Gasteiger partial charge < -0.3 is 89.9 Å². The van der Waals surface area contributed by atoms with Gasteiger partial charge in [-0.3, -0.25) is 4.79 Å². The van der Waals surface area contributed by atoms with Crippen LogP contribution in [0.2, 0.25) is 0 Å². The Labute approximate surface area is 450 Å². The van der Waals surface area contributed by atoms with Crippen LogP contribution in [-0.4, -0.2) is 193 Å². The summed E-state index contributed by atoms with van der Waals surface area (Å²) >= 11 is 0. The summed E-state index contributed by atoms with van der Waals surface area (Å²) in [6.07, 6.45) is 20.3. The molecule has 76 heavy (non-hydrogen) atoms. The van der Waals surface area contributed by atoms with Gasteiger partial charge in [0.25, 0.3) is 0 Å². The molecule has 0 spiro atoms. The van der Waals surface area contributed by atoms with Crippen molar-refractivity contribution >= 4 is 5.91 Å². The van der Waals surface area contributed by atoms with Crippen LogP contribution in [0.3, 0.4) is 0 Å². The van der Waals surface area contributed by atoms with Gasteiger partial charge in [-0.05, 0) is 70.6 Å². The molecule has 0 radical (unpaired) electrons. The average Bonchev–Trinajstić information content (AvgIpc) is 3.41. The fraction of sp³-hybridized carbons (Fsp3) is 0.737. The van der Waals surface area contributed by atoms with E-state index >= 15 is 0 Å². The fourth-order valence-corrected chi connectivity index (χ4v) is 8.82. The zero-order valence-electron chi connectivity index (χ0n) is 44.9. The summed E-state index contributed by atoms with van der Waals surface area (Å²) in [5.74, 6) is -0.375. The van der Waals surface area contributed by atoms with E-state index in [2.05, 4.69) is 73.8 Å². The number of ether oxygens (including phenoxy) is 6. The normalized spacial score (nSPS) is 31.6. The minimum Gasteiger partial charge on any atom is -0.394 e. The van der Waals surface area contributed by atoms with E-state index in [-0.39, 0.29) is 12.3 Å². The molecule has 3 saturated heterocycles. The van der Waals surface area contributed by atoms with E-state index in [0.29, 0.717) is 19.3 Å². The lowest BCUT2D eigenvalue weighted by atomic mass is 9.96. The van der Waals surface area contributed by atoms with Gasteiger partial charge in [0.2, 0.25) is 5.91 Å². The number of aliphatic hydroxyl groups is 11. The zero-order chi connectivity index (χ0) is 55.5. The van der Waals surface area contributed by atoms with Crippen molar-refractivity contribution < 1.29 is 89.4 Å². The van der Waals surface area contributed by atoms with Crippen molar-refractivity contribution in [1.29, 1.82) is 0 Å². The number of carbonyl (C=O) groups excluding carboxylic acids is 1. The summed E-state index contributed by atoms with van der Waals surface area (Å²) in [6, 6.07) is -1.04. The van der Waals surface area contributed by atoms with E-state index in [9.17, 15) is 61.0 Å². The van der Waals surface area contributed by atoms with Crippen LogP contribution in [0.1, 0.15) is 136 Å². The number of nitrogens with one attached hydrogen (secondary N) is 1. The van der Waals surface area contributed by atoms with Gasteiger partial charge in [0, 0.05) is 6.42 Å². The zero-order valence-corrected chi connectivity index (χ0v) is 44.9. The molecule has 12 N–H and O–H groups in total. The fourth-order valence-electron chi connectivity index (χ4n) is 8.82. The monoisotopic (exact) mass is 1080 g/mol. The van der Waals surface area contributed by atoms with Gasteiger partial charge in [-0.2, -0.15) is 0 Å². The number of aliphatic hydroxyl groups excluding tert-OH is 11. The lowest BCUT2D eigenvalue weighted by Gasteiger charge is -2.48. The maximum Gasteiger partial charge on any atom is 0.220 e. The molecule has 19 nitrogen and oxygen atoms in total. The van der Waals surface area contributed by atoms with Crippen LogP contribution in [-0.2, 0) is 33.2 Å². The maximum atomic E-state index is 13.2. The lowest BCUT2D eigenvalue weighted by Crippen LogP contribution is -2.66. The third-order valence-corrected chi connectivity index (χ3v) is 13.4. The lowest BCUT2D eigenvalue weighted by molar-refractivity contribution is -0.379. The van der Waals surface area contributed by atoms with Crippen LogP contribution in [0.25, 0.3) is 0 Å². The second-order valence-electron chi connectivity index (χ2n) is 19.6. The number of hydrogen-bond donors (Lipinski definition) is 12. The molecule has 17 unspecified atom stereocenters. The summed E-state index contributed by atoms with van der Waals surface area (Å²) < 4.78 is 34.1. The van der Waals surface area contributed by atoms with Crippen LogP contribution in [0.4, 0.5) is 0 Å². The SMILES string of the molecule is CC/C=C\C/C=C\C/C=C\C/C=C\CCC(=O)NC(COC1OC(CO)C(OC2OC(CO)C(OC3OC(CO)C(O)C(O)C3O)C(O)C2O)C(O)C1O)C(O)/C=C/CC/C=C/CC/C=C/CCCCCCCCCC. The summed E-state index contributed by atoms with van der Waals surface area (Å²) in [7, 11) is 0. The molecule has 3 aliphatic heterocycles. The molecule has 3 aliphatic rings. The molecule has 0 bridgehead atoms. The van der Waals surface area contributed by atoms with Crippen LogP contribution in [0.15, 0.2) is 85.1 Å². The van der Waals surface area contributed by atoms with E-state index in [1.165, 1.54) is 51.4 Å². The van der Waals surface area contributed by atoms with Gasteiger partial charge in [0.1, 0.15) is 73.2 Å². The summed E-state index contributed by atoms with van der Waals surface area (Å²) in [5, 5.41) is 120. The van der Waals surface area contributed by atoms with Crippen molar-refractivity contribution in [3.8, 4) is 0 Å². The first-order chi connectivity index (χ1) is 36.8.